The van der Waals surface area contributed by atoms with Gasteiger partial charge in [-0.3, -0.25) is 4.98 Å². The van der Waals surface area contributed by atoms with Gasteiger partial charge in [0.25, 0.3) is 0 Å². The summed E-state index contributed by atoms with van der Waals surface area (Å²) in [6.45, 7) is 0.728. The van der Waals surface area contributed by atoms with Crippen molar-refractivity contribution in [2.75, 3.05) is 5.73 Å². The molecular formula is C19H17F3N4S. The van der Waals surface area contributed by atoms with Gasteiger partial charge < -0.3 is 11.1 Å². The smallest absolute Gasteiger partial charge is 0.375 e. The predicted octanol–water partition coefficient (Wildman–Crippen LogP) is 4.45. The van der Waals surface area contributed by atoms with Gasteiger partial charge >= 0.3 is 6.18 Å². The molecule has 140 valence electrons. The number of anilines is 1. The van der Waals surface area contributed by atoms with Gasteiger partial charge in [-0.1, -0.05) is 18.2 Å². The zero-order valence-electron chi connectivity index (χ0n) is 14.2. The van der Waals surface area contributed by atoms with E-state index in [0.29, 0.717) is 28.3 Å². The third kappa shape index (κ3) is 4.12. The standard InChI is InChI=1S/C19H17F3N4S/c20-19(21,22)13-3-1-2-11(6-13)16-5-4-12(8-24-16)15-7-17(15)25-9-14-10-26-18(23)27-14/h1-6,8,10,15,17,25H,7,9H2,(H2,23,26)/t15-,17+/m1/s1. The Morgan fingerprint density at radius 2 is 2.00 bits per heavy atom. The number of pyridine rings is 1. The Hall–Kier alpha value is -2.45. The van der Waals surface area contributed by atoms with Crippen LogP contribution in [0.3, 0.4) is 0 Å². The summed E-state index contributed by atoms with van der Waals surface area (Å²) in [5.74, 6) is 0.373. The van der Waals surface area contributed by atoms with Crippen molar-refractivity contribution in [3.63, 3.8) is 0 Å². The number of hydrogen-bond donors (Lipinski definition) is 2. The number of nitrogens with one attached hydrogen (secondary N) is 1. The number of rotatable bonds is 5. The van der Waals surface area contributed by atoms with Crippen LogP contribution in [-0.4, -0.2) is 16.0 Å². The van der Waals surface area contributed by atoms with Crippen molar-refractivity contribution < 1.29 is 13.2 Å². The highest BCUT2D eigenvalue weighted by Gasteiger charge is 2.38. The van der Waals surface area contributed by atoms with Crippen LogP contribution in [0.5, 0.6) is 0 Å². The number of nitrogens with two attached hydrogens (primary N) is 1. The number of alkyl halides is 3. The Morgan fingerprint density at radius 1 is 1.15 bits per heavy atom. The van der Waals surface area contributed by atoms with E-state index in [9.17, 15) is 13.2 Å². The average molecular weight is 390 g/mol. The molecule has 2 atom stereocenters. The molecule has 27 heavy (non-hydrogen) atoms. The Labute approximate surface area is 158 Å². The SMILES string of the molecule is Nc1ncc(CN[C@H]2C[C@@H]2c2ccc(-c3cccc(C(F)(F)F)c3)nc2)s1. The summed E-state index contributed by atoms with van der Waals surface area (Å²) in [5.41, 5.74) is 7.05. The number of aromatic nitrogens is 2. The van der Waals surface area contributed by atoms with E-state index < -0.39 is 11.7 Å². The second-order valence-corrected chi connectivity index (χ2v) is 7.70. The van der Waals surface area contributed by atoms with Crippen molar-refractivity contribution >= 4 is 16.5 Å². The highest BCUT2D eigenvalue weighted by atomic mass is 32.1. The number of nitrogen functional groups attached to an aromatic ring is 1. The van der Waals surface area contributed by atoms with Gasteiger partial charge in [-0.25, -0.2) is 4.98 Å². The van der Waals surface area contributed by atoms with Gasteiger partial charge in [0.2, 0.25) is 0 Å². The largest absolute Gasteiger partial charge is 0.416 e. The molecule has 0 bridgehead atoms. The fourth-order valence-corrected chi connectivity index (χ4v) is 3.71. The summed E-state index contributed by atoms with van der Waals surface area (Å²) < 4.78 is 38.6. The van der Waals surface area contributed by atoms with E-state index in [1.54, 1.807) is 24.5 Å². The molecule has 1 aliphatic rings. The lowest BCUT2D eigenvalue weighted by Gasteiger charge is -2.09. The Kier molecular flexibility index (Phi) is 4.61. The van der Waals surface area contributed by atoms with E-state index in [1.807, 2.05) is 6.07 Å². The molecule has 3 aromatic rings. The summed E-state index contributed by atoms with van der Waals surface area (Å²) in [5, 5.41) is 4.03. The average Bonchev–Trinajstić information content (AvgIpc) is 3.32. The minimum atomic E-state index is -4.36. The van der Waals surface area contributed by atoms with Crippen LogP contribution in [-0.2, 0) is 12.7 Å². The maximum absolute atomic E-state index is 12.9. The molecule has 2 heterocycles. The summed E-state index contributed by atoms with van der Waals surface area (Å²) in [6.07, 6.45) is 0.187. The molecule has 8 heteroatoms. The van der Waals surface area contributed by atoms with Gasteiger partial charge in [0.15, 0.2) is 5.13 Å². The van der Waals surface area contributed by atoms with Gasteiger partial charge in [0.1, 0.15) is 0 Å². The molecule has 0 aliphatic heterocycles. The van der Waals surface area contributed by atoms with E-state index in [1.165, 1.54) is 17.4 Å². The zero-order chi connectivity index (χ0) is 19.0. The van der Waals surface area contributed by atoms with E-state index in [4.69, 9.17) is 5.73 Å². The van der Waals surface area contributed by atoms with Crippen LogP contribution in [0.25, 0.3) is 11.3 Å². The Morgan fingerprint density at radius 3 is 2.67 bits per heavy atom. The van der Waals surface area contributed by atoms with Crippen molar-refractivity contribution in [1.29, 1.82) is 0 Å². The summed E-state index contributed by atoms with van der Waals surface area (Å²) in [7, 11) is 0. The lowest BCUT2D eigenvalue weighted by molar-refractivity contribution is -0.137. The third-order valence-electron chi connectivity index (χ3n) is 4.60. The number of halogens is 3. The maximum Gasteiger partial charge on any atom is 0.416 e. The van der Waals surface area contributed by atoms with E-state index >= 15 is 0 Å². The van der Waals surface area contributed by atoms with Crippen molar-refractivity contribution in [1.82, 2.24) is 15.3 Å². The van der Waals surface area contributed by atoms with Crippen LogP contribution in [0, 0.1) is 0 Å². The first-order chi connectivity index (χ1) is 12.9. The first-order valence-electron chi connectivity index (χ1n) is 8.47. The molecule has 1 aliphatic carbocycles. The number of thiazole rings is 1. The van der Waals surface area contributed by atoms with Crippen LogP contribution in [0.2, 0.25) is 0 Å². The maximum atomic E-state index is 12.9. The first-order valence-corrected chi connectivity index (χ1v) is 9.29. The van der Waals surface area contributed by atoms with Crippen molar-refractivity contribution in [3.8, 4) is 11.3 Å². The third-order valence-corrected chi connectivity index (χ3v) is 5.43. The Balaban J connectivity index is 1.40. The van der Waals surface area contributed by atoms with Gasteiger partial charge in [0, 0.05) is 41.3 Å². The van der Waals surface area contributed by atoms with Crippen molar-refractivity contribution in [2.24, 2.45) is 0 Å². The Bertz CT molecular complexity index is 937. The summed E-state index contributed by atoms with van der Waals surface area (Å²) in [6, 6.07) is 9.33. The van der Waals surface area contributed by atoms with E-state index in [2.05, 4.69) is 15.3 Å². The molecule has 1 fully saturated rings. The summed E-state index contributed by atoms with van der Waals surface area (Å²) in [4.78, 5) is 9.49. The van der Waals surface area contributed by atoms with Crippen LogP contribution in [0.15, 0.2) is 48.8 Å². The molecule has 1 saturated carbocycles. The normalized spacial score (nSPS) is 19.2. The lowest BCUT2D eigenvalue weighted by Crippen LogP contribution is -2.16. The highest BCUT2D eigenvalue weighted by molar-refractivity contribution is 7.15. The van der Waals surface area contributed by atoms with Crippen molar-refractivity contribution in [3.05, 3.63) is 64.8 Å². The van der Waals surface area contributed by atoms with E-state index in [-0.39, 0.29) is 0 Å². The van der Waals surface area contributed by atoms with Crippen LogP contribution in [0.1, 0.15) is 28.3 Å². The van der Waals surface area contributed by atoms with Crippen LogP contribution >= 0.6 is 11.3 Å². The second kappa shape index (κ2) is 6.94. The minimum absolute atomic E-state index is 0.370. The molecule has 0 saturated heterocycles. The van der Waals surface area contributed by atoms with Gasteiger partial charge in [-0.15, -0.1) is 11.3 Å². The molecule has 0 amide bonds. The van der Waals surface area contributed by atoms with Gasteiger partial charge in [0.05, 0.1) is 11.3 Å². The molecule has 3 N–H and O–H groups in total. The quantitative estimate of drug-likeness (QED) is 0.676. The zero-order valence-corrected chi connectivity index (χ0v) is 15.0. The monoisotopic (exact) mass is 390 g/mol. The van der Waals surface area contributed by atoms with Crippen molar-refractivity contribution in [2.45, 2.75) is 31.1 Å². The van der Waals surface area contributed by atoms with Gasteiger partial charge in [-0.05, 0) is 30.2 Å². The molecule has 0 unspecified atom stereocenters. The number of nitrogens with zero attached hydrogens (tertiary/aromatic N) is 2. The van der Waals surface area contributed by atoms with Crippen LogP contribution in [0.4, 0.5) is 18.3 Å². The first kappa shape index (κ1) is 17.9. The topological polar surface area (TPSA) is 63.8 Å². The lowest BCUT2D eigenvalue weighted by atomic mass is 10.1. The molecular weight excluding hydrogens is 373 g/mol. The van der Waals surface area contributed by atoms with Gasteiger partial charge in [-0.2, -0.15) is 13.2 Å². The molecule has 0 radical (unpaired) electrons. The highest BCUT2D eigenvalue weighted by Crippen LogP contribution is 2.41. The number of hydrogen-bond acceptors (Lipinski definition) is 5. The van der Waals surface area contributed by atoms with E-state index in [0.717, 1.165) is 35.5 Å². The molecule has 4 nitrogen and oxygen atoms in total. The predicted molar refractivity (Wildman–Crippen MR) is 99.2 cm³/mol. The fourth-order valence-electron chi connectivity index (χ4n) is 3.08. The molecule has 2 aromatic heterocycles. The minimum Gasteiger partial charge on any atom is -0.375 e. The van der Waals surface area contributed by atoms with Crippen LogP contribution < -0.4 is 11.1 Å². The molecule has 0 spiro atoms. The molecule has 4 rings (SSSR count). The second-order valence-electron chi connectivity index (χ2n) is 6.55. The fraction of sp³-hybridized carbons (Fsp3) is 0.263. The molecule has 1 aromatic carbocycles. The summed E-state index contributed by atoms with van der Waals surface area (Å²) >= 11 is 1.47. The number of benzene rings is 1.